The van der Waals surface area contributed by atoms with Crippen molar-refractivity contribution in [2.45, 2.75) is 39.5 Å². The molecule has 0 atom stereocenters. The third-order valence-electron chi connectivity index (χ3n) is 8.76. The molecular weight excluding hydrogens is 587 g/mol. The van der Waals surface area contributed by atoms with Gasteiger partial charge in [-0.2, -0.15) is 0 Å². The maximum absolute atomic E-state index is 15.4. The number of carbonyl (C=O) groups is 1. The van der Waals surface area contributed by atoms with E-state index in [4.69, 9.17) is 14.2 Å². The summed E-state index contributed by atoms with van der Waals surface area (Å²) in [5, 5.41) is 1.03. The van der Waals surface area contributed by atoms with Crippen molar-refractivity contribution in [3.05, 3.63) is 93.3 Å². The van der Waals surface area contributed by atoms with Gasteiger partial charge in [0, 0.05) is 37.2 Å². The minimum absolute atomic E-state index is 0.0639. The van der Waals surface area contributed by atoms with Crippen LogP contribution in [0.2, 0.25) is 0 Å². The van der Waals surface area contributed by atoms with Crippen LogP contribution in [0, 0.1) is 12.7 Å². The number of nitrogens with zero attached hydrogens (tertiary/aromatic N) is 4. The second kappa shape index (κ2) is 13.3. The number of benzene rings is 3. The van der Waals surface area contributed by atoms with Crippen molar-refractivity contribution < 1.29 is 23.4 Å². The Hall–Kier alpha value is -4.83. The Morgan fingerprint density at radius 1 is 0.957 bits per heavy atom. The Morgan fingerprint density at radius 2 is 1.74 bits per heavy atom. The quantitative estimate of drug-likeness (QED) is 0.161. The van der Waals surface area contributed by atoms with E-state index in [1.165, 1.54) is 31.3 Å². The van der Waals surface area contributed by atoms with Crippen LogP contribution in [0.1, 0.15) is 46.9 Å². The molecule has 0 saturated carbocycles. The average molecular weight is 625 g/mol. The van der Waals surface area contributed by atoms with Crippen LogP contribution in [0.15, 0.2) is 59.7 Å². The normalized spacial score (nSPS) is 13.4. The number of aryl methyl sites for hydroxylation is 2. The summed E-state index contributed by atoms with van der Waals surface area (Å²) in [5.74, 6) is 0.0941. The number of methoxy groups -OCH3 is 1. The summed E-state index contributed by atoms with van der Waals surface area (Å²) in [6.45, 7) is 7.29. The van der Waals surface area contributed by atoms with Crippen LogP contribution >= 0.6 is 0 Å². The molecule has 6 rings (SSSR count). The fourth-order valence-electron chi connectivity index (χ4n) is 6.05. The van der Waals surface area contributed by atoms with Gasteiger partial charge in [0.1, 0.15) is 12.9 Å². The Kier molecular flexibility index (Phi) is 8.99. The largest absolute Gasteiger partial charge is 0.493 e. The Bertz CT molecular complexity index is 2000. The summed E-state index contributed by atoms with van der Waals surface area (Å²) in [7, 11) is 3.39. The van der Waals surface area contributed by atoms with Crippen molar-refractivity contribution in [2.24, 2.45) is 7.05 Å². The molecule has 1 saturated heterocycles. The predicted octanol–water partition coefficient (Wildman–Crippen LogP) is 6.19. The van der Waals surface area contributed by atoms with E-state index < -0.39 is 5.82 Å². The van der Waals surface area contributed by atoms with Gasteiger partial charge < -0.3 is 18.8 Å². The van der Waals surface area contributed by atoms with Gasteiger partial charge in [0.25, 0.3) is 0 Å². The van der Waals surface area contributed by atoms with E-state index in [9.17, 15) is 9.59 Å². The summed E-state index contributed by atoms with van der Waals surface area (Å²) in [4.78, 5) is 37.9. The first-order chi connectivity index (χ1) is 22.3. The molecule has 0 amide bonds. The van der Waals surface area contributed by atoms with E-state index in [-0.39, 0.29) is 34.8 Å². The number of likely N-dealkylation sites (tertiary alicyclic amines) is 1. The number of Topliss-reactive ketones (excluding diaryl/α,β-unsaturated/α-hetero) is 1. The van der Waals surface area contributed by atoms with Crippen LogP contribution in [0.5, 0.6) is 23.1 Å². The van der Waals surface area contributed by atoms with Gasteiger partial charge >= 0.3 is 0 Å². The summed E-state index contributed by atoms with van der Waals surface area (Å²) in [6, 6.07) is 13.5. The van der Waals surface area contributed by atoms with Gasteiger partial charge in [-0.3, -0.25) is 14.5 Å². The number of ether oxygens (including phenoxy) is 3. The number of pyridine rings is 1. The number of fused-ring (bicyclic) bond motifs is 2. The molecule has 3 heterocycles. The SMILES string of the molecule is CCc1ccc2c(c1)c(=O)c(C(=O)Cc1ccc(Oc3ncnc4cc(OCCN5CCCC5)c(OC)cc34)c(F)c1)c(C)n2C. The molecule has 1 fully saturated rings. The van der Waals surface area contributed by atoms with Crippen LogP contribution in [0.4, 0.5) is 4.39 Å². The number of rotatable bonds is 11. The van der Waals surface area contributed by atoms with Crippen molar-refractivity contribution in [1.82, 2.24) is 19.4 Å². The summed E-state index contributed by atoms with van der Waals surface area (Å²) >= 11 is 0. The van der Waals surface area contributed by atoms with Crippen LogP contribution < -0.4 is 19.6 Å². The van der Waals surface area contributed by atoms with E-state index in [1.54, 1.807) is 32.2 Å². The molecule has 10 heteroatoms. The first-order valence-corrected chi connectivity index (χ1v) is 15.6. The zero-order valence-electron chi connectivity index (χ0n) is 26.6. The van der Waals surface area contributed by atoms with Gasteiger partial charge in [0.15, 0.2) is 34.3 Å². The third-order valence-corrected chi connectivity index (χ3v) is 8.76. The highest BCUT2D eigenvalue weighted by atomic mass is 19.1. The summed E-state index contributed by atoms with van der Waals surface area (Å²) < 4.78 is 34.8. The lowest BCUT2D eigenvalue weighted by molar-refractivity contribution is 0.0990. The molecule has 0 spiro atoms. The molecular formula is C36H37FN4O5. The van der Waals surface area contributed by atoms with Crippen molar-refractivity contribution in [3.63, 3.8) is 0 Å². The van der Waals surface area contributed by atoms with Crippen molar-refractivity contribution in [3.8, 4) is 23.1 Å². The number of hydrogen-bond donors (Lipinski definition) is 0. The van der Waals surface area contributed by atoms with E-state index in [2.05, 4.69) is 14.9 Å². The second-order valence-electron chi connectivity index (χ2n) is 11.6. The minimum Gasteiger partial charge on any atom is -0.493 e. The van der Waals surface area contributed by atoms with Crippen LogP contribution in [-0.2, 0) is 19.9 Å². The number of hydrogen-bond acceptors (Lipinski definition) is 8. The molecule has 0 bridgehead atoms. The lowest BCUT2D eigenvalue weighted by atomic mass is 9.98. The van der Waals surface area contributed by atoms with E-state index in [1.807, 2.05) is 36.7 Å². The molecule has 9 nitrogen and oxygen atoms in total. The monoisotopic (exact) mass is 624 g/mol. The molecule has 3 aromatic carbocycles. The van der Waals surface area contributed by atoms with E-state index in [0.717, 1.165) is 37.1 Å². The molecule has 5 aromatic rings. The minimum atomic E-state index is -0.665. The molecule has 0 N–H and O–H groups in total. The topological polar surface area (TPSA) is 95.8 Å². The first kappa shape index (κ1) is 31.2. The Labute approximate surface area is 266 Å². The molecule has 0 radical (unpaired) electrons. The van der Waals surface area contributed by atoms with Crippen molar-refractivity contribution in [1.29, 1.82) is 0 Å². The molecule has 1 aliphatic rings. The van der Waals surface area contributed by atoms with Gasteiger partial charge in [0.2, 0.25) is 5.88 Å². The van der Waals surface area contributed by atoms with E-state index in [0.29, 0.717) is 45.7 Å². The number of carbonyl (C=O) groups excluding carboxylic acids is 1. The lowest BCUT2D eigenvalue weighted by Crippen LogP contribution is -2.25. The highest BCUT2D eigenvalue weighted by Gasteiger charge is 2.21. The highest BCUT2D eigenvalue weighted by Crippen LogP contribution is 2.36. The predicted molar refractivity (Wildman–Crippen MR) is 175 cm³/mol. The Morgan fingerprint density at radius 3 is 2.48 bits per heavy atom. The number of halogens is 1. The van der Waals surface area contributed by atoms with Gasteiger partial charge in [-0.1, -0.05) is 19.1 Å². The smallest absolute Gasteiger partial charge is 0.230 e. The maximum Gasteiger partial charge on any atom is 0.230 e. The first-order valence-electron chi connectivity index (χ1n) is 15.6. The molecule has 46 heavy (non-hydrogen) atoms. The van der Waals surface area contributed by atoms with Crippen LogP contribution in [0.3, 0.4) is 0 Å². The lowest BCUT2D eigenvalue weighted by Gasteiger charge is -2.17. The second-order valence-corrected chi connectivity index (χ2v) is 11.6. The Balaban J connectivity index is 1.21. The third kappa shape index (κ3) is 6.17. The summed E-state index contributed by atoms with van der Waals surface area (Å²) in [5.41, 5.74) is 3.13. The molecule has 0 aliphatic carbocycles. The maximum atomic E-state index is 15.4. The van der Waals surface area contributed by atoms with Crippen molar-refractivity contribution in [2.75, 3.05) is 33.4 Å². The highest BCUT2D eigenvalue weighted by molar-refractivity contribution is 6.01. The van der Waals surface area contributed by atoms with Crippen LogP contribution in [-0.4, -0.2) is 58.6 Å². The van der Waals surface area contributed by atoms with Gasteiger partial charge in [0.05, 0.1) is 29.1 Å². The van der Waals surface area contributed by atoms with Gasteiger partial charge in [-0.15, -0.1) is 0 Å². The fourth-order valence-corrected chi connectivity index (χ4v) is 6.05. The molecule has 1 aliphatic heterocycles. The molecule has 238 valence electrons. The zero-order valence-corrected chi connectivity index (χ0v) is 26.6. The molecule has 2 aromatic heterocycles. The van der Waals surface area contributed by atoms with E-state index >= 15 is 4.39 Å². The van der Waals surface area contributed by atoms with Crippen LogP contribution in [0.25, 0.3) is 21.8 Å². The molecule has 0 unspecified atom stereocenters. The zero-order chi connectivity index (χ0) is 32.4. The van der Waals surface area contributed by atoms with Gasteiger partial charge in [-0.25, -0.2) is 14.4 Å². The fraction of sp³-hybridized carbons (Fsp3) is 0.333. The van der Waals surface area contributed by atoms with Crippen molar-refractivity contribution >= 4 is 27.6 Å². The van der Waals surface area contributed by atoms with Gasteiger partial charge in [-0.05, 0) is 80.7 Å². The standard InChI is InChI=1S/C36H37FN4O5/c1-5-23-8-10-29-26(16-23)35(43)34(22(2)40(29)3)30(42)18-24-9-11-31(27(37)17-24)46-36-25-19-32(44-4)33(20-28(25)38-21-39-36)45-15-14-41-12-6-7-13-41/h8-11,16-17,19-21H,5-7,12-15,18H2,1-4H3. The number of ketones is 1. The summed E-state index contributed by atoms with van der Waals surface area (Å²) in [6.07, 6.45) is 4.41. The number of aromatic nitrogens is 3. The average Bonchev–Trinajstić information content (AvgIpc) is 3.58.